The fourth-order valence-corrected chi connectivity index (χ4v) is 2.87. The van der Waals surface area contributed by atoms with E-state index >= 15 is 0 Å². The number of hydrogen-bond acceptors (Lipinski definition) is 4. The van der Waals surface area contributed by atoms with Crippen LogP contribution in [0.2, 0.25) is 0 Å². The molecule has 0 aliphatic carbocycles. The average molecular weight is 306 g/mol. The average Bonchev–Trinajstić information content (AvgIpc) is 2.93. The first-order valence-corrected chi connectivity index (χ1v) is 7.03. The minimum absolute atomic E-state index is 0.0425. The second kappa shape index (κ2) is 4.89. The van der Waals surface area contributed by atoms with Crippen molar-refractivity contribution in [3.63, 3.8) is 0 Å². The Labute approximate surface area is 131 Å². The number of ether oxygens (including phenoxy) is 1. The van der Waals surface area contributed by atoms with Crippen LogP contribution in [0.5, 0.6) is 5.75 Å². The SMILES string of the molecule is N#CC1=C(N)Oc2c(oc3ccccc23)C1c1ccc(F)cc1. The number of hydrogen-bond donors (Lipinski definition) is 1. The van der Waals surface area contributed by atoms with Crippen LogP contribution in [-0.4, -0.2) is 0 Å². The second-order valence-electron chi connectivity index (χ2n) is 5.27. The van der Waals surface area contributed by atoms with Crippen molar-refractivity contribution in [2.24, 2.45) is 5.73 Å². The summed E-state index contributed by atoms with van der Waals surface area (Å²) in [6, 6.07) is 15.4. The molecule has 0 saturated heterocycles. The van der Waals surface area contributed by atoms with Crippen LogP contribution in [0.15, 0.2) is 64.4 Å². The molecule has 0 radical (unpaired) electrons. The van der Waals surface area contributed by atoms with Crippen LogP contribution < -0.4 is 10.5 Å². The normalized spacial score (nSPS) is 16.8. The lowest BCUT2D eigenvalue weighted by Crippen LogP contribution is -2.20. The summed E-state index contributed by atoms with van der Waals surface area (Å²) in [6.07, 6.45) is 0. The number of allylic oxidation sites excluding steroid dienone is 1. The molecule has 1 atom stereocenters. The maximum absolute atomic E-state index is 13.2. The van der Waals surface area contributed by atoms with E-state index in [1.54, 1.807) is 12.1 Å². The van der Waals surface area contributed by atoms with Crippen LogP contribution >= 0.6 is 0 Å². The Bertz CT molecular complexity index is 980. The highest BCUT2D eigenvalue weighted by molar-refractivity contribution is 5.87. The number of para-hydroxylation sites is 1. The first kappa shape index (κ1) is 13.4. The van der Waals surface area contributed by atoms with Gasteiger partial charge in [0.2, 0.25) is 5.88 Å². The maximum Gasteiger partial charge on any atom is 0.206 e. The standard InChI is InChI=1S/C18H11FN2O2/c19-11-7-5-10(6-8-11)15-13(9-20)18(21)23-16-12-3-1-2-4-14(12)22-17(15)16/h1-8,15H,21H2. The molecule has 2 N–H and O–H groups in total. The van der Waals surface area contributed by atoms with E-state index in [9.17, 15) is 9.65 Å². The van der Waals surface area contributed by atoms with Gasteiger partial charge in [-0.25, -0.2) is 4.39 Å². The van der Waals surface area contributed by atoms with Gasteiger partial charge >= 0.3 is 0 Å². The summed E-state index contributed by atoms with van der Waals surface area (Å²) in [5.41, 5.74) is 7.55. The molecule has 112 valence electrons. The van der Waals surface area contributed by atoms with Crippen molar-refractivity contribution in [3.8, 4) is 11.8 Å². The number of nitrogens with zero attached hydrogens (tertiary/aromatic N) is 1. The summed E-state index contributed by atoms with van der Waals surface area (Å²) >= 11 is 0. The number of nitrogens with two attached hydrogens (primary N) is 1. The molecule has 0 spiro atoms. The summed E-state index contributed by atoms with van der Waals surface area (Å²) in [4.78, 5) is 0. The molecule has 0 saturated carbocycles. The van der Waals surface area contributed by atoms with Crippen LogP contribution in [-0.2, 0) is 0 Å². The summed E-state index contributed by atoms with van der Waals surface area (Å²) < 4.78 is 24.8. The molecule has 23 heavy (non-hydrogen) atoms. The number of benzene rings is 2. The highest BCUT2D eigenvalue weighted by Gasteiger charge is 2.35. The zero-order valence-electron chi connectivity index (χ0n) is 11.9. The highest BCUT2D eigenvalue weighted by Crippen LogP contribution is 2.47. The fraction of sp³-hybridized carbons (Fsp3) is 0.0556. The Kier molecular flexibility index (Phi) is 2.85. The van der Waals surface area contributed by atoms with Crippen LogP contribution in [0, 0.1) is 17.1 Å². The van der Waals surface area contributed by atoms with Crippen molar-refractivity contribution < 1.29 is 13.5 Å². The Morgan fingerprint density at radius 3 is 2.57 bits per heavy atom. The molecule has 1 unspecified atom stereocenters. The van der Waals surface area contributed by atoms with Gasteiger partial charge in [-0.1, -0.05) is 24.3 Å². The molecule has 2 aromatic carbocycles. The van der Waals surface area contributed by atoms with E-state index in [4.69, 9.17) is 14.9 Å². The third-order valence-electron chi connectivity index (χ3n) is 3.93. The van der Waals surface area contributed by atoms with Gasteiger partial charge in [-0.2, -0.15) is 5.26 Å². The quantitative estimate of drug-likeness (QED) is 0.742. The van der Waals surface area contributed by atoms with Gasteiger partial charge in [-0.15, -0.1) is 0 Å². The molecule has 1 aliphatic heterocycles. The molecule has 0 bridgehead atoms. The van der Waals surface area contributed by atoms with Gasteiger partial charge in [0, 0.05) is 0 Å². The molecular weight excluding hydrogens is 295 g/mol. The molecule has 5 heteroatoms. The molecule has 2 heterocycles. The zero-order chi connectivity index (χ0) is 16.0. The van der Waals surface area contributed by atoms with Crippen LogP contribution in [0.1, 0.15) is 17.2 Å². The van der Waals surface area contributed by atoms with Gasteiger partial charge in [0.25, 0.3) is 0 Å². The highest BCUT2D eigenvalue weighted by atomic mass is 19.1. The fourth-order valence-electron chi connectivity index (χ4n) is 2.87. The number of fused-ring (bicyclic) bond motifs is 3. The Morgan fingerprint density at radius 1 is 1.09 bits per heavy atom. The first-order chi connectivity index (χ1) is 11.2. The predicted molar refractivity (Wildman–Crippen MR) is 81.9 cm³/mol. The van der Waals surface area contributed by atoms with Crippen molar-refractivity contribution in [2.45, 2.75) is 5.92 Å². The monoisotopic (exact) mass is 306 g/mol. The smallest absolute Gasteiger partial charge is 0.206 e. The maximum atomic E-state index is 13.2. The van der Waals surface area contributed by atoms with Crippen molar-refractivity contribution in [1.29, 1.82) is 5.26 Å². The summed E-state index contributed by atoms with van der Waals surface area (Å²) in [5.74, 6) is 0.189. The van der Waals surface area contributed by atoms with Crippen molar-refractivity contribution in [3.05, 3.63) is 77.1 Å². The molecule has 0 amide bonds. The Hall–Kier alpha value is -3.26. The molecule has 1 aliphatic rings. The summed E-state index contributed by atoms with van der Waals surface area (Å²) in [6.45, 7) is 0. The second-order valence-corrected chi connectivity index (χ2v) is 5.27. The van der Waals surface area contributed by atoms with Crippen molar-refractivity contribution >= 4 is 11.0 Å². The van der Waals surface area contributed by atoms with E-state index in [0.29, 0.717) is 17.1 Å². The van der Waals surface area contributed by atoms with Crippen molar-refractivity contribution in [2.75, 3.05) is 0 Å². The Morgan fingerprint density at radius 2 is 1.83 bits per heavy atom. The third-order valence-corrected chi connectivity index (χ3v) is 3.93. The number of halogens is 1. The van der Waals surface area contributed by atoms with Gasteiger partial charge < -0.3 is 14.9 Å². The first-order valence-electron chi connectivity index (χ1n) is 7.03. The molecule has 3 aromatic rings. The van der Waals surface area contributed by atoms with Crippen LogP contribution in [0.25, 0.3) is 11.0 Å². The van der Waals surface area contributed by atoms with E-state index in [1.165, 1.54) is 12.1 Å². The van der Waals surface area contributed by atoms with E-state index in [2.05, 4.69) is 6.07 Å². The molecule has 4 rings (SSSR count). The number of nitriles is 1. The lowest BCUT2D eigenvalue weighted by molar-refractivity contribution is 0.372. The van der Waals surface area contributed by atoms with E-state index in [-0.39, 0.29) is 17.3 Å². The molecule has 1 aromatic heterocycles. The summed E-state index contributed by atoms with van der Waals surface area (Å²) in [5, 5.41) is 10.3. The van der Waals surface area contributed by atoms with Gasteiger partial charge in [0.15, 0.2) is 11.5 Å². The minimum atomic E-state index is -0.517. The minimum Gasteiger partial charge on any atom is -0.456 e. The summed E-state index contributed by atoms with van der Waals surface area (Å²) in [7, 11) is 0. The molecule has 4 nitrogen and oxygen atoms in total. The van der Waals surface area contributed by atoms with Crippen LogP contribution in [0.4, 0.5) is 4.39 Å². The van der Waals surface area contributed by atoms with Gasteiger partial charge in [0.1, 0.15) is 23.0 Å². The lowest BCUT2D eigenvalue weighted by atomic mass is 9.88. The van der Waals surface area contributed by atoms with Crippen molar-refractivity contribution in [1.82, 2.24) is 0 Å². The van der Waals surface area contributed by atoms with Crippen LogP contribution in [0.3, 0.4) is 0 Å². The van der Waals surface area contributed by atoms with E-state index in [1.807, 2.05) is 24.3 Å². The van der Waals surface area contributed by atoms with Gasteiger partial charge in [-0.3, -0.25) is 0 Å². The third kappa shape index (κ3) is 1.96. The zero-order valence-corrected chi connectivity index (χ0v) is 11.9. The van der Waals surface area contributed by atoms with Gasteiger partial charge in [-0.05, 0) is 29.8 Å². The predicted octanol–water partition coefficient (Wildman–Crippen LogP) is 3.79. The number of rotatable bonds is 1. The number of furan rings is 1. The lowest BCUT2D eigenvalue weighted by Gasteiger charge is -2.22. The van der Waals surface area contributed by atoms with E-state index < -0.39 is 5.92 Å². The van der Waals surface area contributed by atoms with Gasteiger partial charge in [0.05, 0.1) is 11.3 Å². The Balaban J connectivity index is 1.99. The molecule has 0 fully saturated rings. The largest absolute Gasteiger partial charge is 0.456 e. The van der Waals surface area contributed by atoms with E-state index in [0.717, 1.165) is 10.9 Å². The molecular formula is C18H11FN2O2. The topological polar surface area (TPSA) is 72.2 Å².